The molecular weight excluding hydrogens is 362 g/mol. The minimum absolute atomic E-state index is 0.0548. The Bertz CT molecular complexity index is 1130. The normalized spacial score (nSPS) is 15.4. The minimum Gasteiger partial charge on any atom is -0.273 e. The number of carbonyl (C=O) groups excluding carboxylic acids is 1. The Hall–Kier alpha value is -2.80. The topological polar surface area (TPSA) is 89.0 Å². The van der Waals surface area contributed by atoms with Crippen LogP contribution in [0.4, 0.5) is 0 Å². The number of carbonyl (C=O) groups is 1. The van der Waals surface area contributed by atoms with Crippen molar-refractivity contribution in [3.63, 3.8) is 0 Å². The third-order valence-corrected chi connectivity index (χ3v) is 6.50. The van der Waals surface area contributed by atoms with Gasteiger partial charge in [0.2, 0.25) is 5.91 Å². The molecule has 1 saturated carbocycles. The molecule has 0 unspecified atom stereocenters. The number of nitrogens with one attached hydrogen (secondary N) is 1. The van der Waals surface area contributed by atoms with Crippen molar-refractivity contribution < 1.29 is 13.2 Å². The number of sulfonamides is 1. The summed E-state index contributed by atoms with van der Waals surface area (Å²) in [5.41, 5.74) is 1.59. The van der Waals surface area contributed by atoms with Crippen LogP contribution in [0.15, 0.2) is 59.9 Å². The van der Waals surface area contributed by atoms with Crippen molar-refractivity contribution in [1.29, 1.82) is 0 Å². The van der Waals surface area contributed by atoms with Gasteiger partial charge in [0.05, 0.1) is 15.8 Å². The average Bonchev–Trinajstić information content (AvgIpc) is 3.49. The fraction of sp³-hybridized carbons (Fsp3) is 0.250. The van der Waals surface area contributed by atoms with Crippen LogP contribution < -0.4 is 4.72 Å². The molecule has 0 aliphatic heterocycles. The first-order valence-electron chi connectivity index (χ1n) is 8.82. The maximum Gasteiger partial charge on any atom is 0.264 e. The van der Waals surface area contributed by atoms with E-state index in [0.29, 0.717) is 23.7 Å². The molecule has 1 aromatic carbocycles. The fourth-order valence-electron chi connectivity index (χ4n) is 3.49. The lowest BCUT2D eigenvalue weighted by atomic mass is 9.91. The van der Waals surface area contributed by atoms with Crippen molar-refractivity contribution in [1.82, 2.24) is 14.7 Å². The van der Waals surface area contributed by atoms with Crippen LogP contribution in [0.25, 0.3) is 10.9 Å². The summed E-state index contributed by atoms with van der Waals surface area (Å²) in [4.78, 5) is 21.4. The Morgan fingerprint density at radius 2 is 1.96 bits per heavy atom. The molecule has 3 aromatic rings. The molecule has 1 aliphatic rings. The van der Waals surface area contributed by atoms with Crippen molar-refractivity contribution >= 4 is 26.8 Å². The lowest BCUT2D eigenvalue weighted by Gasteiger charge is -2.18. The number of nitrogens with zero attached hydrogens (tertiary/aromatic N) is 2. The number of amides is 1. The molecule has 4 rings (SSSR count). The van der Waals surface area contributed by atoms with Crippen LogP contribution in [0, 0.1) is 0 Å². The SMILES string of the molecule is CCc1ccncc1C1(C(=O)NS(=O)(=O)c2cccc3ncccc23)CC1. The van der Waals surface area contributed by atoms with Gasteiger partial charge in [-0.3, -0.25) is 14.8 Å². The zero-order valence-electron chi connectivity index (χ0n) is 14.8. The van der Waals surface area contributed by atoms with Gasteiger partial charge in [-0.2, -0.15) is 0 Å². The predicted molar refractivity (Wildman–Crippen MR) is 102 cm³/mol. The van der Waals surface area contributed by atoms with Crippen LogP contribution in [-0.2, 0) is 26.7 Å². The van der Waals surface area contributed by atoms with E-state index in [-0.39, 0.29) is 4.90 Å². The van der Waals surface area contributed by atoms with Crippen LogP contribution in [0.5, 0.6) is 0 Å². The number of hydrogen-bond acceptors (Lipinski definition) is 5. The van der Waals surface area contributed by atoms with Crippen molar-refractivity contribution in [2.45, 2.75) is 36.5 Å². The molecule has 0 bridgehead atoms. The monoisotopic (exact) mass is 381 g/mol. The first-order chi connectivity index (χ1) is 13.0. The van der Waals surface area contributed by atoms with E-state index in [2.05, 4.69) is 14.7 Å². The van der Waals surface area contributed by atoms with E-state index in [9.17, 15) is 13.2 Å². The molecule has 1 fully saturated rings. The predicted octanol–water partition coefficient (Wildman–Crippen LogP) is 2.73. The van der Waals surface area contributed by atoms with E-state index >= 15 is 0 Å². The summed E-state index contributed by atoms with van der Waals surface area (Å²) in [5, 5.41) is 0.487. The van der Waals surface area contributed by atoms with Crippen molar-refractivity contribution in [2.75, 3.05) is 0 Å². The molecule has 0 spiro atoms. The maximum absolute atomic E-state index is 13.0. The van der Waals surface area contributed by atoms with Crippen molar-refractivity contribution in [2.24, 2.45) is 0 Å². The third kappa shape index (κ3) is 2.98. The smallest absolute Gasteiger partial charge is 0.264 e. The summed E-state index contributed by atoms with van der Waals surface area (Å²) in [6, 6.07) is 10.1. The summed E-state index contributed by atoms with van der Waals surface area (Å²) in [7, 11) is -4.02. The summed E-state index contributed by atoms with van der Waals surface area (Å²) < 4.78 is 28.2. The Labute approximate surface area is 157 Å². The molecule has 138 valence electrons. The number of aryl methyl sites for hydroxylation is 1. The van der Waals surface area contributed by atoms with E-state index in [1.165, 1.54) is 6.07 Å². The van der Waals surface area contributed by atoms with E-state index in [1.807, 2.05) is 13.0 Å². The molecule has 27 heavy (non-hydrogen) atoms. The van der Waals surface area contributed by atoms with E-state index in [4.69, 9.17) is 0 Å². The van der Waals surface area contributed by atoms with Crippen LogP contribution >= 0.6 is 0 Å². The van der Waals surface area contributed by atoms with Gasteiger partial charge in [0, 0.05) is 24.0 Å². The highest BCUT2D eigenvalue weighted by atomic mass is 32.2. The average molecular weight is 381 g/mol. The van der Waals surface area contributed by atoms with Crippen molar-refractivity contribution in [3.8, 4) is 0 Å². The number of aromatic nitrogens is 2. The van der Waals surface area contributed by atoms with Gasteiger partial charge < -0.3 is 0 Å². The van der Waals surface area contributed by atoms with Gasteiger partial charge in [-0.05, 0) is 60.7 Å². The second-order valence-corrected chi connectivity index (χ2v) is 8.38. The van der Waals surface area contributed by atoms with E-state index in [1.54, 1.807) is 42.9 Å². The molecule has 1 N–H and O–H groups in total. The highest BCUT2D eigenvalue weighted by Gasteiger charge is 2.53. The molecule has 0 atom stereocenters. The Morgan fingerprint density at radius 3 is 2.70 bits per heavy atom. The molecule has 2 heterocycles. The number of rotatable bonds is 5. The zero-order valence-corrected chi connectivity index (χ0v) is 15.7. The van der Waals surface area contributed by atoms with Crippen molar-refractivity contribution in [3.05, 3.63) is 66.1 Å². The first kappa shape index (κ1) is 17.6. The summed E-state index contributed by atoms with van der Waals surface area (Å²) in [5.74, 6) is -0.494. The molecule has 7 heteroatoms. The number of pyridine rings is 2. The molecule has 0 saturated heterocycles. The van der Waals surface area contributed by atoms with Crippen LogP contribution in [0.2, 0.25) is 0 Å². The lowest BCUT2D eigenvalue weighted by Crippen LogP contribution is -2.39. The van der Waals surface area contributed by atoms with Gasteiger partial charge in [-0.25, -0.2) is 13.1 Å². The summed E-state index contributed by atoms with van der Waals surface area (Å²) in [6.45, 7) is 2.01. The molecule has 1 aliphatic carbocycles. The Balaban J connectivity index is 1.70. The Morgan fingerprint density at radius 1 is 1.15 bits per heavy atom. The molecule has 0 radical (unpaired) electrons. The quantitative estimate of drug-likeness (QED) is 0.734. The Kier molecular flexibility index (Phi) is 4.19. The minimum atomic E-state index is -4.02. The van der Waals surface area contributed by atoms with Gasteiger partial charge in [0.15, 0.2) is 0 Å². The van der Waals surface area contributed by atoms with Crippen LogP contribution in [0.3, 0.4) is 0 Å². The number of benzene rings is 1. The van der Waals surface area contributed by atoms with Gasteiger partial charge in [0.1, 0.15) is 0 Å². The maximum atomic E-state index is 13.0. The largest absolute Gasteiger partial charge is 0.273 e. The highest BCUT2D eigenvalue weighted by Crippen LogP contribution is 2.49. The molecule has 2 aromatic heterocycles. The summed E-state index contributed by atoms with van der Waals surface area (Å²) >= 11 is 0. The summed E-state index contributed by atoms with van der Waals surface area (Å²) in [6.07, 6.45) is 6.96. The molecule has 1 amide bonds. The lowest BCUT2D eigenvalue weighted by molar-refractivity contribution is -0.121. The standard InChI is InChI=1S/C20H19N3O3S/c1-2-14-8-12-21-13-16(14)20(9-10-20)19(24)23-27(25,26)18-7-3-6-17-15(18)5-4-11-22-17/h3-8,11-13H,2,9-10H2,1H3,(H,23,24). The van der Waals surface area contributed by atoms with Crippen LogP contribution in [0.1, 0.15) is 30.9 Å². The second kappa shape index (κ2) is 6.42. The van der Waals surface area contributed by atoms with Crippen LogP contribution in [-0.4, -0.2) is 24.3 Å². The highest BCUT2D eigenvalue weighted by molar-refractivity contribution is 7.90. The van der Waals surface area contributed by atoms with E-state index in [0.717, 1.165) is 17.5 Å². The van der Waals surface area contributed by atoms with Gasteiger partial charge in [-0.1, -0.05) is 13.0 Å². The second-order valence-electron chi connectivity index (χ2n) is 6.73. The molecule has 6 nitrogen and oxygen atoms in total. The number of hydrogen-bond donors (Lipinski definition) is 1. The van der Waals surface area contributed by atoms with E-state index < -0.39 is 21.3 Å². The fourth-order valence-corrected chi connectivity index (χ4v) is 4.76. The molecular formula is C20H19N3O3S. The van der Waals surface area contributed by atoms with Gasteiger partial charge in [-0.15, -0.1) is 0 Å². The first-order valence-corrected chi connectivity index (χ1v) is 10.3. The van der Waals surface area contributed by atoms with Gasteiger partial charge >= 0.3 is 0 Å². The third-order valence-electron chi connectivity index (χ3n) is 5.11. The van der Waals surface area contributed by atoms with Gasteiger partial charge in [0.25, 0.3) is 10.0 Å². The zero-order chi connectivity index (χ0) is 19.1. The number of fused-ring (bicyclic) bond motifs is 1.